The fraction of sp³-hybridized carbons (Fsp3) is 0.444. The second-order valence-corrected chi connectivity index (χ2v) is 6.06. The summed E-state index contributed by atoms with van der Waals surface area (Å²) in [7, 11) is 0. The molecule has 1 saturated heterocycles. The first kappa shape index (κ1) is 15.7. The first-order valence-corrected chi connectivity index (χ1v) is 8.26. The van der Waals surface area contributed by atoms with Crippen LogP contribution in [-0.2, 0) is 11.2 Å². The number of aryl methyl sites for hydroxylation is 1. The van der Waals surface area contributed by atoms with E-state index in [1.54, 1.807) is 0 Å². The van der Waals surface area contributed by atoms with Crippen molar-refractivity contribution in [3.63, 3.8) is 0 Å². The first-order valence-electron chi connectivity index (χ1n) is 8.26. The van der Waals surface area contributed by atoms with Crippen LogP contribution < -0.4 is 5.32 Å². The van der Waals surface area contributed by atoms with E-state index in [4.69, 9.17) is 0 Å². The molecule has 1 amide bonds. The van der Waals surface area contributed by atoms with Crippen molar-refractivity contribution in [1.29, 1.82) is 0 Å². The first-order chi connectivity index (χ1) is 11.2. The van der Waals surface area contributed by atoms with Gasteiger partial charge in [0.25, 0.3) is 0 Å². The van der Waals surface area contributed by atoms with E-state index in [1.165, 1.54) is 0 Å². The minimum Gasteiger partial charge on any atom is -0.341 e. The number of carbonyl (C=O) groups excluding carboxylic acids is 1. The lowest BCUT2D eigenvalue weighted by Gasteiger charge is -2.20. The van der Waals surface area contributed by atoms with E-state index in [0.29, 0.717) is 6.42 Å². The summed E-state index contributed by atoms with van der Waals surface area (Å²) in [4.78, 5) is 14.6. The van der Waals surface area contributed by atoms with Crippen LogP contribution in [0.5, 0.6) is 0 Å². The predicted molar refractivity (Wildman–Crippen MR) is 90.8 cm³/mol. The topological polar surface area (TPSA) is 50.2 Å². The molecule has 3 rings (SSSR count). The van der Waals surface area contributed by atoms with Crippen molar-refractivity contribution in [2.45, 2.75) is 26.7 Å². The van der Waals surface area contributed by atoms with E-state index in [1.807, 2.05) is 53.8 Å². The number of aromatic nitrogens is 2. The number of carbonyl (C=O) groups is 1. The second-order valence-electron chi connectivity index (χ2n) is 6.06. The van der Waals surface area contributed by atoms with Crippen molar-refractivity contribution in [2.24, 2.45) is 0 Å². The van der Waals surface area contributed by atoms with Gasteiger partial charge in [-0.3, -0.25) is 4.79 Å². The summed E-state index contributed by atoms with van der Waals surface area (Å²) >= 11 is 0. The van der Waals surface area contributed by atoms with E-state index in [-0.39, 0.29) is 5.91 Å². The predicted octanol–water partition coefficient (Wildman–Crippen LogP) is 1.85. The number of amides is 1. The average molecular weight is 312 g/mol. The van der Waals surface area contributed by atoms with Gasteiger partial charge >= 0.3 is 0 Å². The normalized spacial score (nSPS) is 15.5. The second kappa shape index (κ2) is 6.96. The van der Waals surface area contributed by atoms with Gasteiger partial charge in [-0.2, -0.15) is 5.10 Å². The zero-order valence-corrected chi connectivity index (χ0v) is 13.9. The molecule has 1 aromatic heterocycles. The molecule has 1 N–H and O–H groups in total. The third kappa shape index (κ3) is 3.45. The van der Waals surface area contributed by atoms with Crippen LogP contribution in [0.15, 0.2) is 30.3 Å². The highest BCUT2D eigenvalue weighted by Crippen LogP contribution is 2.19. The summed E-state index contributed by atoms with van der Waals surface area (Å²) in [5.74, 6) is 0.201. The minimum absolute atomic E-state index is 0.201. The number of nitrogens with one attached hydrogen (secondary N) is 1. The van der Waals surface area contributed by atoms with Crippen LogP contribution in [0, 0.1) is 13.8 Å². The largest absolute Gasteiger partial charge is 0.341 e. The Kier molecular flexibility index (Phi) is 4.76. The van der Waals surface area contributed by atoms with E-state index in [9.17, 15) is 4.79 Å². The van der Waals surface area contributed by atoms with Crippen LogP contribution in [0.25, 0.3) is 5.69 Å². The molecule has 23 heavy (non-hydrogen) atoms. The third-order valence-corrected chi connectivity index (χ3v) is 4.46. The summed E-state index contributed by atoms with van der Waals surface area (Å²) in [6.07, 6.45) is 1.46. The molecular weight excluding hydrogens is 288 g/mol. The van der Waals surface area contributed by atoms with Crippen molar-refractivity contribution in [3.05, 3.63) is 47.3 Å². The number of benzene rings is 1. The lowest BCUT2D eigenvalue weighted by Crippen LogP contribution is -2.35. The highest BCUT2D eigenvalue weighted by Gasteiger charge is 2.20. The van der Waals surface area contributed by atoms with Crippen molar-refractivity contribution >= 4 is 5.91 Å². The Morgan fingerprint density at radius 1 is 1.17 bits per heavy atom. The molecule has 2 heterocycles. The van der Waals surface area contributed by atoms with Crippen LogP contribution >= 0.6 is 0 Å². The number of para-hydroxylation sites is 1. The molecule has 0 bridgehead atoms. The Hall–Kier alpha value is -2.14. The van der Waals surface area contributed by atoms with Gasteiger partial charge in [0.2, 0.25) is 5.91 Å². The van der Waals surface area contributed by atoms with Crippen LogP contribution in [0.1, 0.15) is 23.4 Å². The highest BCUT2D eigenvalue weighted by molar-refractivity contribution is 5.79. The van der Waals surface area contributed by atoms with Crippen LogP contribution in [0.2, 0.25) is 0 Å². The maximum atomic E-state index is 12.6. The van der Waals surface area contributed by atoms with Crippen molar-refractivity contribution in [2.75, 3.05) is 26.2 Å². The monoisotopic (exact) mass is 312 g/mol. The van der Waals surface area contributed by atoms with E-state index >= 15 is 0 Å². The Balaban J connectivity index is 1.80. The summed E-state index contributed by atoms with van der Waals surface area (Å²) in [5, 5.41) is 7.96. The van der Waals surface area contributed by atoms with Gasteiger partial charge in [-0.15, -0.1) is 0 Å². The third-order valence-electron chi connectivity index (χ3n) is 4.46. The van der Waals surface area contributed by atoms with E-state index < -0.39 is 0 Å². The van der Waals surface area contributed by atoms with E-state index in [0.717, 1.165) is 55.2 Å². The quantitative estimate of drug-likeness (QED) is 0.941. The zero-order chi connectivity index (χ0) is 16.2. The smallest absolute Gasteiger partial charge is 0.227 e. The Morgan fingerprint density at radius 3 is 2.74 bits per heavy atom. The van der Waals surface area contributed by atoms with Gasteiger partial charge in [0.15, 0.2) is 0 Å². The van der Waals surface area contributed by atoms with Crippen LogP contribution in [-0.4, -0.2) is 46.8 Å². The van der Waals surface area contributed by atoms with Crippen molar-refractivity contribution < 1.29 is 4.79 Å². The molecule has 1 aromatic carbocycles. The maximum Gasteiger partial charge on any atom is 0.227 e. The van der Waals surface area contributed by atoms with Gasteiger partial charge in [-0.05, 0) is 38.9 Å². The average Bonchev–Trinajstić information content (AvgIpc) is 2.78. The number of hydrogen-bond donors (Lipinski definition) is 1. The van der Waals surface area contributed by atoms with E-state index in [2.05, 4.69) is 10.4 Å². The molecule has 1 aliphatic rings. The minimum atomic E-state index is 0.201. The molecule has 0 saturated carbocycles. The highest BCUT2D eigenvalue weighted by atomic mass is 16.2. The molecule has 0 atom stereocenters. The van der Waals surface area contributed by atoms with Gasteiger partial charge in [-0.25, -0.2) is 4.68 Å². The molecule has 5 heteroatoms. The zero-order valence-electron chi connectivity index (χ0n) is 13.9. The molecule has 1 aliphatic heterocycles. The standard InChI is InChI=1S/C18H24N4O/c1-14-17(13-18(23)21-11-6-9-19-10-12-21)15(2)22(20-14)16-7-4-3-5-8-16/h3-5,7-8,19H,6,9-13H2,1-2H3. The van der Waals surface area contributed by atoms with Gasteiger partial charge in [0.05, 0.1) is 17.8 Å². The van der Waals surface area contributed by atoms with Gasteiger partial charge in [0.1, 0.15) is 0 Å². The Morgan fingerprint density at radius 2 is 1.96 bits per heavy atom. The summed E-state index contributed by atoms with van der Waals surface area (Å²) in [6.45, 7) is 7.54. The molecule has 0 aliphatic carbocycles. The molecule has 1 fully saturated rings. The van der Waals surface area contributed by atoms with Crippen LogP contribution in [0.3, 0.4) is 0 Å². The lowest BCUT2D eigenvalue weighted by atomic mass is 10.1. The number of rotatable bonds is 3. The lowest BCUT2D eigenvalue weighted by molar-refractivity contribution is -0.130. The van der Waals surface area contributed by atoms with Crippen molar-refractivity contribution in [1.82, 2.24) is 20.0 Å². The summed E-state index contributed by atoms with van der Waals surface area (Å²) in [6, 6.07) is 10.1. The maximum absolute atomic E-state index is 12.6. The van der Waals surface area contributed by atoms with Gasteiger partial charge in [-0.1, -0.05) is 18.2 Å². The summed E-state index contributed by atoms with van der Waals surface area (Å²) < 4.78 is 1.93. The number of nitrogens with zero attached hydrogens (tertiary/aromatic N) is 3. The molecule has 5 nitrogen and oxygen atoms in total. The molecule has 0 spiro atoms. The Bertz CT molecular complexity index is 670. The number of hydrogen-bond acceptors (Lipinski definition) is 3. The van der Waals surface area contributed by atoms with Crippen molar-refractivity contribution in [3.8, 4) is 5.69 Å². The SMILES string of the molecule is Cc1nn(-c2ccccc2)c(C)c1CC(=O)N1CCCNCC1. The summed E-state index contributed by atoms with van der Waals surface area (Å²) in [5.41, 5.74) is 4.07. The fourth-order valence-electron chi connectivity index (χ4n) is 3.11. The fourth-order valence-corrected chi connectivity index (χ4v) is 3.11. The molecular formula is C18H24N4O. The van der Waals surface area contributed by atoms with Gasteiger partial charge < -0.3 is 10.2 Å². The van der Waals surface area contributed by atoms with Gasteiger partial charge in [0, 0.05) is 30.9 Å². The molecule has 0 radical (unpaired) electrons. The Labute approximate surface area is 137 Å². The molecule has 122 valence electrons. The molecule has 0 unspecified atom stereocenters. The molecule has 2 aromatic rings. The van der Waals surface area contributed by atoms with Crippen LogP contribution in [0.4, 0.5) is 0 Å².